The van der Waals surface area contributed by atoms with E-state index >= 15 is 0 Å². The summed E-state index contributed by atoms with van der Waals surface area (Å²) in [6, 6.07) is 11.4. The van der Waals surface area contributed by atoms with Crippen molar-refractivity contribution in [3.8, 4) is 0 Å². The Balaban J connectivity index is 1.87. The number of esters is 1. The van der Waals surface area contributed by atoms with E-state index in [1.807, 2.05) is 5.43 Å². The fraction of sp³-hybridized carbons (Fsp3) is 0.0625. The molecule has 0 saturated heterocycles. The van der Waals surface area contributed by atoms with Gasteiger partial charge in [-0.15, -0.1) is 0 Å². The summed E-state index contributed by atoms with van der Waals surface area (Å²) >= 11 is 5.85. The topological polar surface area (TPSA) is 128 Å². The zero-order chi connectivity index (χ0) is 19.1. The van der Waals surface area contributed by atoms with Gasteiger partial charge in [0.2, 0.25) is 0 Å². The lowest BCUT2D eigenvalue weighted by atomic mass is 10.2. The number of hydrogen-bond donors (Lipinski definition) is 2. The maximum atomic E-state index is 11.9. The summed E-state index contributed by atoms with van der Waals surface area (Å²) in [6.07, 6.45) is 0. The van der Waals surface area contributed by atoms with Crippen molar-refractivity contribution in [2.45, 2.75) is 0 Å². The number of nitrogens with one attached hydrogen (secondary N) is 2. The van der Waals surface area contributed by atoms with E-state index in [0.717, 1.165) is 6.07 Å². The number of nitrogens with zero attached hydrogens (tertiary/aromatic N) is 1. The monoisotopic (exact) mass is 377 g/mol. The van der Waals surface area contributed by atoms with Gasteiger partial charge in [0.05, 0.1) is 15.5 Å². The molecule has 2 amide bonds. The molecule has 0 saturated carbocycles. The largest absolute Gasteiger partial charge is 0.452 e. The Morgan fingerprint density at radius 1 is 1.00 bits per heavy atom. The standard InChI is InChI=1S/C16H12ClN3O6/c17-12-7-3-1-5-10(12)15(22)19-18-14(21)9-26-16(23)11-6-2-4-8-13(11)20(24)25/h1-8H,9H2,(H,18,21)(H,19,22). The van der Waals surface area contributed by atoms with E-state index in [4.69, 9.17) is 16.3 Å². The number of ether oxygens (including phenoxy) is 1. The van der Waals surface area contributed by atoms with Crippen molar-refractivity contribution in [2.75, 3.05) is 6.61 Å². The highest BCUT2D eigenvalue weighted by atomic mass is 35.5. The van der Waals surface area contributed by atoms with E-state index in [1.54, 1.807) is 12.1 Å². The number of rotatable bonds is 5. The molecule has 0 unspecified atom stereocenters. The molecule has 0 fully saturated rings. The molecule has 2 N–H and O–H groups in total. The van der Waals surface area contributed by atoms with E-state index < -0.39 is 35.0 Å². The Morgan fingerprint density at radius 3 is 2.27 bits per heavy atom. The lowest BCUT2D eigenvalue weighted by Gasteiger charge is -2.09. The summed E-state index contributed by atoms with van der Waals surface area (Å²) in [5.74, 6) is -2.53. The summed E-state index contributed by atoms with van der Waals surface area (Å²) in [7, 11) is 0. The number of amides is 2. The van der Waals surface area contributed by atoms with Crippen LogP contribution in [-0.2, 0) is 9.53 Å². The van der Waals surface area contributed by atoms with Gasteiger partial charge in [-0.25, -0.2) is 4.79 Å². The van der Waals surface area contributed by atoms with Crippen molar-refractivity contribution in [3.05, 3.63) is 74.8 Å². The Kier molecular flexibility index (Phi) is 6.23. The number of halogens is 1. The van der Waals surface area contributed by atoms with Gasteiger partial charge in [0.15, 0.2) is 6.61 Å². The lowest BCUT2D eigenvalue weighted by Crippen LogP contribution is -2.43. The molecule has 0 spiro atoms. The van der Waals surface area contributed by atoms with Crippen molar-refractivity contribution >= 4 is 35.1 Å². The molecule has 0 bridgehead atoms. The van der Waals surface area contributed by atoms with Gasteiger partial charge in [-0.05, 0) is 18.2 Å². The summed E-state index contributed by atoms with van der Waals surface area (Å²) in [5.41, 5.74) is 3.57. The van der Waals surface area contributed by atoms with Crippen molar-refractivity contribution in [1.29, 1.82) is 0 Å². The van der Waals surface area contributed by atoms with Gasteiger partial charge in [-0.1, -0.05) is 35.9 Å². The summed E-state index contributed by atoms with van der Waals surface area (Å²) < 4.78 is 4.71. The minimum atomic E-state index is -1.04. The first-order chi connectivity index (χ1) is 12.4. The van der Waals surface area contributed by atoms with Crippen LogP contribution in [0.3, 0.4) is 0 Å². The zero-order valence-corrected chi connectivity index (χ0v) is 13.9. The summed E-state index contributed by atoms with van der Waals surface area (Å²) in [4.78, 5) is 45.5. The highest BCUT2D eigenvalue weighted by Gasteiger charge is 2.21. The minimum absolute atomic E-state index is 0.145. The van der Waals surface area contributed by atoms with E-state index in [2.05, 4.69) is 5.43 Å². The van der Waals surface area contributed by atoms with Crippen LogP contribution in [0, 0.1) is 10.1 Å². The first kappa shape index (κ1) is 18.9. The average Bonchev–Trinajstić information content (AvgIpc) is 2.64. The highest BCUT2D eigenvalue weighted by Crippen LogP contribution is 2.18. The van der Waals surface area contributed by atoms with Crippen molar-refractivity contribution < 1.29 is 24.0 Å². The first-order valence-corrected chi connectivity index (χ1v) is 7.52. The molecular formula is C16H12ClN3O6. The Bertz CT molecular complexity index is 871. The molecule has 9 nitrogen and oxygen atoms in total. The molecule has 10 heteroatoms. The van der Waals surface area contributed by atoms with Gasteiger partial charge < -0.3 is 4.74 Å². The molecule has 134 valence electrons. The fourth-order valence-corrected chi connectivity index (χ4v) is 2.11. The van der Waals surface area contributed by atoms with Crippen LogP contribution in [0.5, 0.6) is 0 Å². The highest BCUT2D eigenvalue weighted by molar-refractivity contribution is 6.33. The molecule has 0 aliphatic rings. The Labute approximate surface area is 152 Å². The lowest BCUT2D eigenvalue weighted by molar-refractivity contribution is -0.385. The van der Waals surface area contributed by atoms with Gasteiger partial charge in [-0.3, -0.25) is 30.6 Å². The zero-order valence-electron chi connectivity index (χ0n) is 13.1. The SMILES string of the molecule is O=C(COC(=O)c1ccccc1[N+](=O)[O-])NNC(=O)c1ccccc1Cl. The average molecular weight is 378 g/mol. The van der Waals surface area contributed by atoms with E-state index in [1.165, 1.54) is 30.3 Å². The van der Waals surface area contributed by atoms with Crippen LogP contribution >= 0.6 is 11.6 Å². The maximum Gasteiger partial charge on any atom is 0.345 e. The predicted octanol–water partition coefficient (Wildman–Crippen LogP) is 1.87. The van der Waals surface area contributed by atoms with Crippen LogP contribution in [-0.4, -0.2) is 29.3 Å². The number of nitro benzene ring substituents is 1. The van der Waals surface area contributed by atoms with E-state index in [9.17, 15) is 24.5 Å². The van der Waals surface area contributed by atoms with Gasteiger partial charge in [0.25, 0.3) is 17.5 Å². The first-order valence-electron chi connectivity index (χ1n) is 7.14. The molecule has 0 aliphatic heterocycles. The second-order valence-corrected chi connectivity index (χ2v) is 5.24. The van der Waals surface area contributed by atoms with Crippen LogP contribution in [0.1, 0.15) is 20.7 Å². The molecule has 0 heterocycles. The minimum Gasteiger partial charge on any atom is -0.452 e. The number of carbonyl (C=O) groups is 3. The molecule has 0 aliphatic carbocycles. The second-order valence-electron chi connectivity index (χ2n) is 4.83. The molecule has 0 aromatic heterocycles. The molecule has 0 radical (unpaired) electrons. The van der Waals surface area contributed by atoms with Crippen molar-refractivity contribution in [2.24, 2.45) is 0 Å². The number of benzene rings is 2. The second kappa shape index (κ2) is 8.58. The molecule has 2 aromatic carbocycles. The third kappa shape index (κ3) is 4.77. The maximum absolute atomic E-state index is 11.9. The number of hydrogen-bond acceptors (Lipinski definition) is 6. The van der Waals surface area contributed by atoms with Gasteiger partial charge in [0.1, 0.15) is 5.56 Å². The van der Waals surface area contributed by atoms with E-state index in [-0.39, 0.29) is 16.1 Å². The molecule has 26 heavy (non-hydrogen) atoms. The van der Waals surface area contributed by atoms with Gasteiger partial charge >= 0.3 is 5.97 Å². The van der Waals surface area contributed by atoms with Crippen LogP contribution in [0.2, 0.25) is 5.02 Å². The Hall–Kier alpha value is -3.46. The summed E-state index contributed by atoms with van der Waals surface area (Å²) in [5, 5.41) is 11.1. The van der Waals surface area contributed by atoms with Crippen LogP contribution in [0.4, 0.5) is 5.69 Å². The third-order valence-electron chi connectivity index (χ3n) is 3.09. The van der Waals surface area contributed by atoms with Crippen LogP contribution in [0.15, 0.2) is 48.5 Å². The molecular weight excluding hydrogens is 366 g/mol. The summed E-state index contributed by atoms with van der Waals surface area (Å²) in [6.45, 7) is -0.742. The smallest absolute Gasteiger partial charge is 0.345 e. The number of nitro groups is 1. The quantitative estimate of drug-likeness (QED) is 0.465. The molecule has 2 aromatic rings. The van der Waals surface area contributed by atoms with Crippen molar-refractivity contribution in [1.82, 2.24) is 10.9 Å². The molecule has 0 atom stereocenters. The number of hydrazine groups is 1. The van der Waals surface area contributed by atoms with Crippen LogP contribution < -0.4 is 10.9 Å². The number of carbonyl (C=O) groups excluding carboxylic acids is 3. The normalized spacial score (nSPS) is 9.88. The van der Waals surface area contributed by atoms with Gasteiger partial charge in [0, 0.05) is 6.07 Å². The molecule has 2 rings (SSSR count). The third-order valence-corrected chi connectivity index (χ3v) is 3.42. The van der Waals surface area contributed by atoms with Gasteiger partial charge in [-0.2, -0.15) is 0 Å². The van der Waals surface area contributed by atoms with E-state index in [0.29, 0.717) is 0 Å². The van der Waals surface area contributed by atoms with Crippen LogP contribution in [0.25, 0.3) is 0 Å². The fourth-order valence-electron chi connectivity index (χ4n) is 1.89. The Morgan fingerprint density at radius 2 is 1.62 bits per heavy atom. The number of para-hydroxylation sites is 1. The van der Waals surface area contributed by atoms with Crippen molar-refractivity contribution in [3.63, 3.8) is 0 Å². The predicted molar refractivity (Wildman–Crippen MR) is 90.4 cm³/mol.